The zero-order valence-electron chi connectivity index (χ0n) is 19.7. The highest BCUT2D eigenvalue weighted by molar-refractivity contribution is 6.30. The molecule has 0 radical (unpaired) electrons. The molecule has 0 unspecified atom stereocenters. The third-order valence-electron chi connectivity index (χ3n) is 8.69. The van der Waals surface area contributed by atoms with Crippen LogP contribution >= 0.6 is 11.6 Å². The lowest BCUT2D eigenvalue weighted by atomic mass is 9.63. The SMILES string of the molecule is O=C1NC(=O)C2(N3Cc4cc(O[C@@H]5CCC[C@H]5N5CC(c6ncc(Cl)cn6)C5)ccc4C3=O)CC1C2. The molecule has 8 rings (SSSR count). The number of halogens is 1. The van der Waals surface area contributed by atoms with E-state index in [1.54, 1.807) is 17.3 Å². The van der Waals surface area contributed by atoms with Gasteiger partial charge in [0.2, 0.25) is 5.91 Å². The normalized spacial score (nSPS) is 31.6. The number of carbonyl (C=O) groups is 3. The number of likely N-dealkylation sites (tertiary alicyclic amines) is 1. The number of rotatable bonds is 5. The van der Waals surface area contributed by atoms with Crippen molar-refractivity contribution in [3.8, 4) is 5.75 Å². The lowest BCUT2D eigenvalue weighted by Crippen LogP contribution is -2.73. The van der Waals surface area contributed by atoms with Crippen molar-refractivity contribution >= 4 is 29.3 Å². The predicted octanol–water partition coefficient (Wildman–Crippen LogP) is 2.29. The number of benzene rings is 1. The molecule has 9 nitrogen and oxygen atoms in total. The largest absolute Gasteiger partial charge is 0.489 e. The van der Waals surface area contributed by atoms with Crippen LogP contribution in [-0.4, -0.2) is 68.3 Å². The molecule has 4 aliphatic heterocycles. The van der Waals surface area contributed by atoms with Gasteiger partial charge in [0.05, 0.1) is 5.02 Å². The first kappa shape index (κ1) is 22.2. The van der Waals surface area contributed by atoms with Gasteiger partial charge in [-0.3, -0.25) is 24.6 Å². The minimum atomic E-state index is -0.895. The van der Waals surface area contributed by atoms with Crippen molar-refractivity contribution in [1.29, 1.82) is 0 Å². The van der Waals surface area contributed by atoms with Crippen molar-refractivity contribution < 1.29 is 19.1 Å². The van der Waals surface area contributed by atoms with Gasteiger partial charge in [-0.15, -0.1) is 0 Å². The summed E-state index contributed by atoms with van der Waals surface area (Å²) in [5.74, 6) is 1.02. The number of piperidine rings is 2. The van der Waals surface area contributed by atoms with Crippen molar-refractivity contribution in [3.63, 3.8) is 0 Å². The van der Waals surface area contributed by atoms with Crippen molar-refractivity contribution in [3.05, 3.63) is 52.6 Å². The zero-order chi connectivity index (χ0) is 24.6. The number of ether oxygens (including phenoxy) is 1. The molecule has 2 aliphatic carbocycles. The summed E-state index contributed by atoms with van der Waals surface area (Å²) in [6, 6.07) is 5.96. The molecule has 0 spiro atoms. The topological polar surface area (TPSA) is 105 Å². The fraction of sp³-hybridized carbons (Fsp3) is 0.500. The van der Waals surface area contributed by atoms with Crippen molar-refractivity contribution in [1.82, 2.24) is 25.1 Å². The Bertz CT molecular complexity index is 1270. The molecular formula is C26H26ClN5O4. The number of carbonyl (C=O) groups excluding carboxylic acids is 3. The van der Waals surface area contributed by atoms with Crippen LogP contribution in [0.2, 0.25) is 5.02 Å². The van der Waals surface area contributed by atoms with Gasteiger partial charge in [-0.2, -0.15) is 0 Å². The van der Waals surface area contributed by atoms with Gasteiger partial charge in [0.25, 0.3) is 11.8 Å². The minimum Gasteiger partial charge on any atom is -0.489 e. The second kappa shape index (κ2) is 7.98. The van der Waals surface area contributed by atoms with Gasteiger partial charge < -0.3 is 9.64 Å². The van der Waals surface area contributed by atoms with E-state index in [0.29, 0.717) is 41.9 Å². The van der Waals surface area contributed by atoms with Crippen molar-refractivity contribution in [2.24, 2.45) is 5.92 Å². The van der Waals surface area contributed by atoms with Gasteiger partial charge in [-0.1, -0.05) is 11.6 Å². The fourth-order valence-corrected chi connectivity index (χ4v) is 6.73. The average Bonchev–Trinajstić information content (AvgIpc) is 3.37. The highest BCUT2D eigenvalue weighted by Crippen LogP contribution is 2.49. The van der Waals surface area contributed by atoms with Crippen LogP contribution in [-0.2, 0) is 16.1 Å². The molecule has 5 fully saturated rings. The third-order valence-corrected chi connectivity index (χ3v) is 8.88. The van der Waals surface area contributed by atoms with Crippen LogP contribution in [0.15, 0.2) is 30.6 Å². The fourth-order valence-electron chi connectivity index (χ4n) is 6.63. The number of hydrogen-bond donors (Lipinski definition) is 1. The molecule has 3 amide bonds. The first-order valence-corrected chi connectivity index (χ1v) is 13.0. The summed E-state index contributed by atoms with van der Waals surface area (Å²) in [7, 11) is 0. The second-order valence-corrected chi connectivity index (χ2v) is 11.2. The quantitative estimate of drug-likeness (QED) is 0.619. The van der Waals surface area contributed by atoms with E-state index in [0.717, 1.165) is 49.5 Å². The molecule has 10 heteroatoms. The molecule has 3 saturated heterocycles. The van der Waals surface area contributed by atoms with E-state index < -0.39 is 5.54 Å². The van der Waals surface area contributed by atoms with Crippen LogP contribution in [0.1, 0.15) is 59.8 Å². The van der Waals surface area contributed by atoms with E-state index in [4.69, 9.17) is 16.3 Å². The number of nitrogens with zero attached hydrogens (tertiary/aromatic N) is 4. The van der Waals surface area contributed by atoms with Crippen molar-refractivity contribution in [2.45, 2.75) is 62.3 Å². The highest BCUT2D eigenvalue weighted by atomic mass is 35.5. The maximum Gasteiger partial charge on any atom is 0.255 e. The van der Waals surface area contributed by atoms with E-state index in [2.05, 4.69) is 20.2 Å². The first-order valence-electron chi connectivity index (χ1n) is 12.6. The highest BCUT2D eigenvalue weighted by Gasteiger charge is 2.63. The standard InChI is InChI=1S/C26H26ClN5O4/c27-17-9-28-22(29-10-17)16-11-31(12-16)20-2-1-3-21(20)36-18-4-5-19-14(6-18)13-32(24(19)34)26-7-15(8-26)23(33)30-25(26)35/h4-6,9-10,15-16,20-21H,1-3,7-8,11-13H2,(H,30,33,35)/t15?,20-,21-,26?/m1/s1. The molecule has 1 N–H and O–H groups in total. The van der Waals surface area contributed by atoms with Crippen LogP contribution in [0.25, 0.3) is 0 Å². The molecule has 36 heavy (non-hydrogen) atoms. The van der Waals surface area contributed by atoms with Gasteiger partial charge in [-0.05, 0) is 55.9 Å². The molecule has 2 saturated carbocycles. The number of amides is 3. The van der Waals surface area contributed by atoms with E-state index in [1.807, 2.05) is 18.2 Å². The average molecular weight is 508 g/mol. The second-order valence-electron chi connectivity index (χ2n) is 10.7. The van der Waals surface area contributed by atoms with Crippen LogP contribution in [0, 0.1) is 5.92 Å². The Morgan fingerprint density at radius 3 is 2.58 bits per heavy atom. The molecule has 2 atom stereocenters. The lowest BCUT2D eigenvalue weighted by Gasteiger charge is -2.53. The molecule has 2 bridgehead atoms. The summed E-state index contributed by atoms with van der Waals surface area (Å²) in [5, 5.41) is 2.98. The molecule has 5 heterocycles. The van der Waals surface area contributed by atoms with Crippen molar-refractivity contribution in [2.75, 3.05) is 13.1 Å². The van der Waals surface area contributed by atoms with E-state index in [9.17, 15) is 14.4 Å². The predicted molar refractivity (Wildman–Crippen MR) is 128 cm³/mol. The Balaban J connectivity index is 1.02. The number of nitrogens with one attached hydrogen (secondary N) is 1. The summed E-state index contributed by atoms with van der Waals surface area (Å²) < 4.78 is 6.47. The molecule has 186 valence electrons. The Hall–Kier alpha value is -3.04. The zero-order valence-corrected chi connectivity index (χ0v) is 20.4. The van der Waals surface area contributed by atoms with Crippen LogP contribution in [0.3, 0.4) is 0 Å². The molecular weight excluding hydrogens is 482 g/mol. The third kappa shape index (κ3) is 3.29. The number of aromatic nitrogens is 2. The summed E-state index contributed by atoms with van der Waals surface area (Å²) in [4.78, 5) is 50.5. The Kier molecular flexibility index (Phi) is 4.92. The summed E-state index contributed by atoms with van der Waals surface area (Å²) in [6.45, 7) is 2.18. The Morgan fingerprint density at radius 1 is 1.06 bits per heavy atom. The Morgan fingerprint density at radius 2 is 1.83 bits per heavy atom. The van der Waals surface area contributed by atoms with E-state index in [-0.39, 0.29) is 29.7 Å². The smallest absolute Gasteiger partial charge is 0.255 e. The molecule has 2 aromatic rings. The van der Waals surface area contributed by atoms with Gasteiger partial charge >= 0.3 is 0 Å². The minimum absolute atomic E-state index is 0.0875. The Labute approximate surface area is 213 Å². The van der Waals surface area contributed by atoms with Gasteiger partial charge in [0.1, 0.15) is 23.2 Å². The molecule has 1 aromatic carbocycles. The lowest BCUT2D eigenvalue weighted by molar-refractivity contribution is -0.160. The van der Waals surface area contributed by atoms with Gasteiger partial charge in [-0.25, -0.2) is 9.97 Å². The summed E-state index contributed by atoms with van der Waals surface area (Å²) in [6.07, 6.45) is 7.42. The summed E-state index contributed by atoms with van der Waals surface area (Å²) in [5.41, 5.74) is 0.591. The van der Waals surface area contributed by atoms with Crippen LogP contribution in [0.4, 0.5) is 0 Å². The summed E-state index contributed by atoms with van der Waals surface area (Å²) >= 11 is 5.91. The molecule has 1 aromatic heterocycles. The number of hydrogen-bond acceptors (Lipinski definition) is 7. The van der Waals surface area contributed by atoms with Gasteiger partial charge in [0, 0.05) is 55.5 Å². The van der Waals surface area contributed by atoms with E-state index >= 15 is 0 Å². The maximum atomic E-state index is 13.2. The maximum absolute atomic E-state index is 13.2. The van der Waals surface area contributed by atoms with Crippen LogP contribution < -0.4 is 10.1 Å². The number of imide groups is 1. The first-order chi connectivity index (χ1) is 17.4. The van der Waals surface area contributed by atoms with Gasteiger partial charge in [0.15, 0.2) is 0 Å². The number of fused-ring (bicyclic) bond motifs is 3. The van der Waals surface area contributed by atoms with Crippen LogP contribution in [0.5, 0.6) is 5.75 Å². The molecule has 6 aliphatic rings. The van der Waals surface area contributed by atoms with E-state index in [1.165, 1.54) is 0 Å². The monoisotopic (exact) mass is 507 g/mol.